The molecule has 0 saturated carbocycles. The van der Waals surface area contributed by atoms with E-state index in [2.05, 4.69) is 30.8 Å². The molecule has 2 fully saturated rings. The number of rotatable bonds is 3. The minimum atomic E-state index is -5.08. The number of morpholine rings is 1. The molecule has 2 aromatic heterocycles. The Balaban J connectivity index is 0.000000301. The molecule has 2 aliphatic rings. The number of carboxylic acids is 2. The molecule has 1 unspecified atom stereocenters. The fourth-order valence-corrected chi connectivity index (χ4v) is 3.78. The van der Waals surface area contributed by atoms with Gasteiger partial charge in [-0.1, -0.05) is 6.07 Å². The first-order valence-electron chi connectivity index (χ1n) is 11.1. The van der Waals surface area contributed by atoms with Crippen molar-refractivity contribution in [1.29, 1.82) is 0 Å². The Labute approximate surface area is 212 Å². The lowest BCUT2D eigenvalue weighted by molar-refractivity contribution is -0.193. The van der Waals surface area contributed by atoms with Crippen molar-refractivity contribution < 1.29 is 50.9 Å². The van der Waals surface area contributed by atoms with Crippen LogP contribution in [0, 0.1) is 0 Å². The molecule has 38 heavy (non-hydrogen) atoms. The van der Waals surface area contributed by atoms with E-state index in [1.807, 2.05) is 24.5 Å². The van der Waals surface area contributed by atoms with E-state index in [1.54, 1.807) is 12.4 Å². The van der Waals surface area contributed by atoms with Crippen LogP contribution in [-0.4, -0.2) is 92.7 Å². The zero-order chi connectivity index (χ0) is 28.4. The number of pyridine rings is 1. The fourth-order valence-electron chi connectivity index (χ4n) is 3.78. The Hall–Kier alpha value is -3.53. The van der Waals surface area contributed by atoms with Gasteiger partial charge in [-0.15, -0.1) is 0 Å². The Morgan fingerprint density at radius 3 is 2.08 bits per heavy atom. The van der Waals surface area contributed by atoms with E-state index < -0.39 is 24.3 Å². The topological polar surface area (TPSA) is 129 Å². The number of carboxylic acid groups (broad SMARTS) is 2. The Morgan fingerprint density at radius 1 is 0.947 bits per heavy atom. The summed E-state index contributed by atoms with van der Waals surface area (Å²) in [7, 11) is 0. The highest BCUT2D eigenvalue weighted by atomic mass is 19.4. The second kappa shape index (κ2) is 13.3. The predicted molar refractivity (Wildman–Crippen MR) is 119 cm³/mol. The number of halogens is 6. The zero-order valence-corrected chi connectivity index (χ0v) is 19.8. The van der Waals surface area contributed by atoms with Gasteiger partial charge in [0, 0.05) is 51.0 Å². The first-order chi connectivity index (χ1) is 17.7. The molecule has 0 amide bonds. The summed E-state index contributed by atoms with van der Waals surface area (Å²) >= 11 is 0. The molecule has 1 spiro atoms. The zero-order valence-electron chi connectivity index (χ0n) is 19.8. The molecule has 2 aromatic rings. The SMILES string of the molecule is O=C(O)C(F)(F)F.O=C(O)C(F)(F)F.c1cnc(N2CCCC3(CN(Cc4cccnc4)CCO3)C2)nc1. The highest BCUT2D eigenvalue weighted by molar-refractivity contribution is 5.73. The normalized spacial score (nSPS) is 20.0. The van der Waals surface area contributed by atoms with Gasteiger partial charge in [0.2, 0.25) is 5.95 Å². The van der Waals surface area contributed by atoms with Gasteiger partial charge in [-0.05, 0) is 30.5 Å². The molecule has 2 N–H and O–H groups in total. The third kappa shape index (κ3) is 10.1. The van der Waals surface area contributed by atoms with Gasteiger partial charge >= 0.3 is 24.3 Å². The van der Waals surface area contributed by atoms with E-state index in [4.69, 9.17) is 24.5 Å². The van der Waals surface area contributed by atoms with Crippen LogP contribution >= 0.6 is 0 Å². The maximum Gasteiger partial charge on any atom is 0.490 e. The van der Waals surface area contributed by atoms with Crippen molar-refractivity contribution in [3.05, 3.63) is 48.5 Å². The van der Waals surface area contributed by atoms with Crippen molar-refractivity contribution in [3.8, 4) is 0 Å². The molecule has 16 heteroatoms. The second-order valence-corrected chi connectivity index (χ2v) is 8.28. The largest absolute Gasteiger partial charge is 0.490 e. The Kier molecular flexibility index (Phi) is 10.8. The van der Waals surface area contributed by atoms with Crippen LogP contribution in [0.15, 0.2) is 43.0 Å². The molecule has 0 radical (unpaired) electrons. The predicted octanol–water partition coefficient (Wildman–Crippen LogP) is 3.01. The minimum Gasteiger partial charge on any atom is -0.475 e. The highest BCUT2D eigenvalue weighted by Gasteiger charge is 2.41. The van der Waals surface area contributed by atoms with E-state index in [9.17, 15) is 26.3 Å². The van der Waals surface area contributed by atoms with Gasteiger partial charge < -0.3 is 19.8 Å². The van der Waals surface area contributed by atoms with E-state index in [1.165, 1.54) is 5.56 Å². The Morgan fingerprint density at radius 2 is 1.55 bits per heavy atom. The van der Waals surface area contributed by atoms with E-state index in [0.717, 1.165) is 58.1 Å². The third-order valence-corrected chi connectivity index (χ3v) is 5.32. The first-order valence-corrected chi connectivity index (χ1v) is 11.1. The second-order valence-electron chi connectivity index (χ2n) is 8.28. The third-order valence-electron chi connectivity index (χ3n) is 5.32. The molecular weight excluding hydrogens is 528 g/mol. The van der Waals surface area contributed by atoms with E-state index >= 15 is 0 Å². The number of nitrogens with zero attached hydrogens (tertiary/aromatic N) is 5. The number of hydrogen-bond acceptors (Lipinski definition) is 8. The van der Waals surface area contributed by atoms with Gasteiger partial charge in [0.25, 0.3) is 0 Å². The quantitative estimate of drug-likeness (QED) is 0.548. The summed E-state index contributed by atoms with van der Waals surface area (Å²) in [5.74, 6) is -4.70. The Bertz CT molecular complexity index is 1000. The van der Waals surface area contributed by atoms with Crippen molar-refractivity contribution in [3.63, 3.8) is 0 Å². The summed E-state index contributed by atoms with van der Waals surface area (Å²) in [6.45, 7) is 5.49. The summed E-state index contributed by atoms with van der Waals surface area (Å²) in [5.41, 5.74) is 1.14. The monoisotopic (exact) mass is 553 g/mol. The van der Waals surface area contributed by atoms with Crippen LogP contribution in [0.25, 0.3) is 0 Å². The van der Waals surface area contributed by atoms with Crippen LogP contribution in [0.3, 0.4) is 0 Å². The average Bonchev–Trinajstić information content (AvgIpc) is 2.85. The van der Waals surface area contributed by atoms with Crippen molar-refractivity contribution in [1.82, 2.24) is 19.9 Å². The van der Waals surface area contributed by atoms with Crippen LogP contribution in [0.2, 0.25) is 0 Å². The van der Waals surface area contributed by atoms with Crippen LogP contribution in [0.5, 0.6) is 0 Å². The van der Waals surface area contributed by atoms with Gasteiger partial charge in [-0.25, -0.2) is 19.6 Å². The minimum absolute atomic E-state index is 0.113. The molecule has 1 atom stereocenters. The van der Waals surface area contributed by atoms with Crippen molar-refractivity contribution >= 4 is 17.9 Å². The molecule has 4 heterocycles. The van der Waals surface area contributed by atoms with E-state index in [0.29, 0.717) is 0 Å². The number of alkyl halides is 6. The lowest BCUT2D eigenvalue weighted by atomic mass is 9.90. The molecule has 210 valence electrons. The van der Waals surface area contributed by atoms with Crippen LogP contribution in [-0.2, 0) is 20.9 Å². The van der Waals surface area contributed by atoms with Gasteiger partial charge in [0.05, 0.1) is 18.8 Å². The van der Waals surface area contributed by atoms with Gasteiger partial charge in [0.1, 0.15) is 0 Å². The summed E-state index contributed by atoms with van der Waals surface area (Å²) < 4.78 is 69.7. The number of ether oxygens (including phenoxy) is 1. The van der Waals surface area contributed by atoms with Crippen LogP contribution in [0.1, 0.15) is 18.4 Å². The smallest absolute Gasteiger partial charge is 0.475 e. The van der Waals surface area contributed by atoms with Crippen LogP contribution in [0.4, 0.5) is 32.3 Å². The summed E-state index contributed by atoms with van der Waals surface area (Å²) in [5, 5.41) is 14.2. The maximum absolute atomic E-state index is 10.6. The molecular formula is C22H25F6N5O5. The van der Waals surface area contributed by atoms with Crippen molar-refractivity contribution in [2.75, 3.05) is 37.7 Å². The molecule has 4 rings (SSSR count). The number of piperidine rings is 1. The molecule has 2 saturated heterocycles. The van der Waals surface area contributed by atoms with Gasteiger partial charge in [-0.3, -0.25) is 9.88 Å². The highest BCUT2D eigenvalue weighted by Crippen LogP contribution is 2.31. The van der Waals surface area contributed by atoms with Crippen molar-refractivity contribution in [2.24, 2.45) is 0 Å². The number of hydrogen-bond donors (Lipinski definition) is 2. The van der Waals surface area contributed by atoms with Crippen LogP contribution < -0.4 is 4.90 Å². The lowest BCUT2D eigenvalue weighted by Gasteiger charge is -2.48. The fraction of sp³-hybridized carbons (Fsp3) is 0.500. The maximum atomic E-state index is 10.6. The molecule has 0 bridgehead atoms. The van der Waals surface area contributed by atoms with Gasteiger partial charge in [0.15, 0.2) is 0 Å². The molecule has 2 aliphatic heterocycles. The van der Waals surface area contributed by atoms with Crippen molar-refractivity contribution in [2.45, 2.75) is 37.3 Å². The van der Waals surface area contributed by atoms with E-state index in [-0.39, 0.29) is 5.60 Å². The molecule has 0 aromatic carbocycles. The molecule has 10 nitrogen and oxygen atoms in total. The number of aromatic nitrogens is 3. The number of carbonyl (C=O) groups is 2. The first kappa shape index (κ1) is 30.7. The number of aliphatic carboxylic acids is 2. The summed E-state index contributed by atoms with van der Waals surface area (Å²) in [6, 6.07) is 6.00. The van der Waals surface area contributed by atoms with Gasteiger partial charge in [-0.2, -0.15) is 26.3 Å². The standard InChI is InChI=1S/C18H23N5O.2C2HF3O2/c1-4-16(12-19-6-1)13-22-10-11-24-18(14-22)5-2-9-23(15-18)17-20-7-3-8-21-17;2*3-2(4,5)1(6)7/h1,3-4,6-8,12H,2,5,9-11,13-15H2;2*(H,6,7). The summed E-state index contributed by atoms with van der Waals surface area (Å²) in [6.07, 6.45) is -0.574. The average molecular weight is 553 g/mol. The molecule has 0 aliphatic carbocycles. The lowest BCUT2D eigenvalue weighted by Crippen LogP contribution is -2.59. The summed E-state index contributed by atoms with van der Waals surface area (Å²) in [4.78, 5) is 35.6. The number of anilines is 1.